The Kier molecular flexibility index (Phi) is 9.20. The summed E-state index contributed by atoms with van der Waals surface area (Å²) in [6.07, 6.45) is 2.78. The van der Waals surface area contributed by atoms with Crippen molar-refractivity contribution in [3.8, 4) is 0 Å². The zero-order valence-electron chi connectivity index (χ0n) is 25.1. The quantitative estimate of drug-likeness (QED) is 0.264. The van der Waals surface area contributed by atoms with Gasteiger partial charge in [0.1, 0.15) is 12.8 Å². The van der Waals surface area contributed by atoms with Crippen LogP contribution in [-0.4, -0.2) is 111 Å². The van der Waals surface area contributed by atoms with E-state index in [2.05, 4.69) is 58.6 Å². The summed E-state index contributed by atoms with van der Waals surface area (Å²) in [5.41, 5.74) is 1.23. The fourth-order valence-corrected chi connectivity index (χ4v) is 8.83. The molecule has 0 spiro atoms. The number of piperidine rings is 2. The van der Waals surface area contributed by atoms with Crippen LogP contribution in [0.4, 0.5) is 4.79 Å². The Bertz CT molecular complexity index is 1580. The molecular weight excluding hydrogens is 692 g/mol. The van der Waals surface area contributed by atoms with Gasteiger partial charge in [-0.05, 0) is 76.0 Å². The number of piperazine rings is 1. The molecule has 0 saturated carbocycles. The third-order valence-electron chi connectivity index (χ3n) is 10.5. The normalized spacial score (nSPS) is 27.9. The van der Waals surface area contributed by atoms with E-state index < -0.39 is 11.8 Å². The molecule has 4 heterocycles. The Morgan fingerprint density at radius 1 is 1.02 bits per heavy atom. The third kappa shape index (κ3) is 5.62. The maximum atomic E-state index is 13.7. The zero-order chi connectivity index (χ0) is 31.1. The summed E-state index contributed by atoms with van der Waals surface area (Å²) < 4.78 is 3.28. The van der Waals surface area contributed by atoms with Gasteiger partial charge in [-0.3, -0.25) is 14.4 Å². The van der Waals surface area contributed by atoms with Gasteiger partial charge < -0.3 is 19.8 Å². The van der Waals surface area contributed by atoms with Crippen LogP contribution in [0.3, 0.4) is 0 Å². The van der Waals surface area contributed by atoms with E-state index in [4.69, 9.17) is 0 Å². The zero-order valence-corrected chi connectivity index (χ0v) is 28.3. The van der Waals surface area contributed by atoms with E-state index in [1.165, 1.54) is 0 Å². The summed E-state index contributed by atoms with van der Waals surface area (Å²) in [6.45, 7) is 6.14. The van der Waals surface area contributed by atoms with Gasteiger partial charge >= 0.3 is 11.8 Å². The van der Waals surface area contributed by atoms with Crippen LogP contribution in [0.15, 0.2) is 56.2 Å². The van der Waals surface area contributed by atoms with Crippen LogP contribution in [0, 0.1) is 0 Å². The number of quaternary nitrogens is 1. The Balaban J connectivity index is 1.41. The number of halogens is 2. The van der Waals surface area contributed by atoms with Crippen molar-refractivity contribution < 1.29 is 19.2 Å². The number of imidazole rings is 1. The fraction of sp³-hybridized carbons (Fsp3) is 0.531. The number of aromatic amines is 1. The number of hydrogen-bond acceptors (Lipinski definition) is 6. The van der Waals surface area contributed by atoms with Crippen molar-refractivity contribution in [2.45, 2.75) is 56.4 Å². The van der Waals surface area contributed by atoms with Crippen LogP contribution in [0.25, 0.3) is 11.0 Å². The average Bonchev–Trinajstić information content (AvgIpc) is 3.36. The van der Waals surface area contributed by atoms with Crippen molar-refractivity contribution in [1.82, 2.24) is 24.3 Å². The van der Waals surface area contributed by atoms with Crippen molar-refractivity contribution in [1.29, 1.82) is 0 Å². The number of benzene rings is 2. The van der Waals surface area contributed by atoms with Crippen LogP contribution in [0.2, 0.25) is 0 Å². The molecule has 3 fully saturated rings. The van der Waals surface area contributed by atoms with E-state index in [0.717, 1.165) is 70.8 Å². The minimum atomic E-state index is -1.03. The molecule has 10 nitrogen and oxygen atoms in total. The Morgan fingerprint density at radius 2 is 1.75 bits per heavy atom. The van der Waals surface area contributed by atoms with Crippen molar-refractivity contribution >= 4 is 55.3 Å². The molecule has 6 rings (SSSR count). The van der Waals surface area contributed by atoms with Gasteiger partial charge in [0, 0.05) is 72.7 Å². The SMILES string of the molecule is CN1CCN(C2CCN(C3(CC=O)CC(n4c(=O)[nH]c5ccccc54)CC[N@+]3(Cc3ccc(Br)c(Br)c3)C(=O)O)CC2)CC1. The number of nitrogens with zero attached hydrogens (tertiary/aromatic N) is 5. The molecule has 3 aliphatic rings. The smallest absolute Gasteiger partial charge is 0.435 e. The number of nitrogens with one attached hydrogen (secondary N) is 1. The summed E-state index contributed by atoms with van der Waals surface area (Å²) in [7, 11) is 2.16. The number of fused-ring (bicyclic) bond motifs is 1. The highest BCUT2D eigenvalue weighted by Crippen LogP contribution is 2.48. The minimum Gasteiger partial charge on any atom is -0.435 e. The number of hydrogen-bond donors (Lipinski definition) is 2. The minimum absolute atomic E-state index is 0.0732. The molecule has 1 aromatic heterocycles. The molecule has 0 radical (unpaired) electrons. The van der Waals surface area contributed by atoms with Gasteiger partial charge in [-0.2, -0.15) is 4.79 Å². The molecule has 12 heteroatoms. The predicted molar refractivity (Wildman–Crippen MR) is 177 cm³/mol. The lowest BCUT2D eigenvalue weighted by atomic mass is 9.82. The fourth-order valence-electron chi connectivity index (χ4n) is 8.16. The number of rotatable bonds is 7. The Morgan fingerprint density at radius 3 is 2.43 bits per heavy atom. The number of carbonyl (C=O) groups excluding carboxylic acids is 1. The van der Waals surface area contributed by atoms with E-state index in [-0.39, 0.29) is 29.2 Å². The summed E-state index contributed by atoms with van der Waals surface area (Å²) in [6, 6.07) is 13.7. The Hall–Kier alpha value is -2.35. The van der Waals surface area contributed by atoms with Crippen molar-refractivity contribution in [2.24, 2.45) is 0 Å². The van der Waals surface area contributed by atoms with Crippen LogP contribution in [0.5, 0.6) is 0 Å². The summed E-state index contributed by atoms with van der Waals surface area (Å²) in [5.74, 6) is 0. The van der Waals surface area contributed by atoms with Crippen LogP contribution in [0.1, 0.15) is 43.7 Å². The number of amides is 1. The first kappa shape index (κ1) is 31.6. The highest BCUT2D eigenvalue weighted by molar-refractivity contribution is 9.13. The summed E-state index contributed by atoms with van der Waals surface area (Å²) in [4.78, 5) is 50.0. The maximum Gasteiger partial charge on any atom is 0.515 e. The molecule has 3 atom stereocenters. The van der Waals surface area contributed by atoms with Gasteiger partial charge in [0.2, 0.25) is 0 Å². The largest absolute Gasteiger partial charge is 0.515 e. The molecule has 2 N–H and O–H groups in total. The van der Waals surface area contributed by atoms with Crippen molar-refractivity contribution in [3.63, 3.8) is 0 Å². The van der Waals surface area contributed by atoms with Gasteiger partial charge in [0.15, 0.2) is 5.66 Å². The lowest BCUT2D eigenvalue weighted by Gasteiger charge is -2.59. The van der Waals surface area contributed by atoms with E-state index >= 15 is 0 Å². The second kappa shape index (κ2) is 12.8. The highest BCUT2D eigenvalue weighted by Gasteiger charge is 2.63. The number of likely N-dealkylation sites (tertiary alicyclic amines) is 2. The number of carboxylic acid groups (broad SMARTS) is 1. The number of carbonyl (C=O) groups is 2. The van der Waals surface area contributed by atoms with Gasteiger partial charge in [-0.15, -0.1) is 0 Å². The van der Waals surface area contributed by atoms with Crippen LogP contribution in [-0.2, 0) is 11.3 Å². The van der Waals surface area contributed by atoms with Crippen LogP contribution >= 0.6 is 31.9 Å². The number of para-hydroxylation sites is 2. The lowest BCUT2D eigenvalue weighted by molar-refractivity contribution is -0.942. The van der Waals surface area contributed by atoms with Crippen molar-refractivity contribution in [2.75, 3.05) is 52.9 Å². The first-order valence-corrected chi connectivity index (χ1v) is 17.1. The molecule has 236 valence electrons. The first-order chi connectivity index (χ1) is 21.2. The lowest BCUT2D eigenvalue weighted by Crippen LogP contribution is -2.77. The molecule has 2 unspecified atom stereocenters. The molecule has 3 aliphatic heterocycles. The predicted octanol–water partition coefficient (Wildman–Crippen LogP) is 4.88. The standard InChI is InChI=1S/C32H40Br2N6O4/c1-36-14-16-37(17-15-36)24-8-12-38(13-9-24)32(11-19-41)21-25(39-29-5-3-2-4-28(29)35-30(39)42)10-18-40(32,31(43)44)22-23-6-7-26(33)27(34)20-23/h2-7,19-20,24-25H,8-18,21-22H2,1H3,(H-,35,42,43,44)/p+1/t25?,32?,40-/m0/s1. The second-order valence-electron chi connectivity index (χ2n) is 12.8. The van der Waals surface area contributed by atoms with E-state index in [1.54, 1.807) is 4.57 Å². The number of aldehydes is 1. The molecule has 44 heavy (non-hydrogen) atoms. The van der Waals surface area contributed by atoms with Gasteiger partial charge in [0.25, 0.3) is 0 Å². The first-order valence-electron chi connectivity index (χ1n) is 15.5. The van der Waals surface area contributed by atoms with E-state index in [0.29, 0.717) is 38.5 Å². The number of aromatic nitrogens is 2. The molecular formula is C32H41Br2N6O4+. The number of H-pyrrole nitrogens is 1. The molecule has 0 bridgehead atoms. The summed E-state index contributed by atoms with van der Waals surface area (Å²) in [5, 5.41) is 11.2. The second-order valence-corrected chi connectivity index (χ2v) is 14.5. The maximum absolute atomic E-state index is 13.7. The molecule has 3 saturated heterocycles. The molecule has 0 aliphatic carbocycles. The van der Waals surface area contributed by atoms with Gasteiger partial charge in [-0.1, -0.05) is 18.2 Å². The molecule has 3 aromatic rings. The van der Waals surface area contributed by atoms with Crippen LogP contribution < -0.4 is 5.69 Å². The van der Waals surface area contributed by atoms with Crippen molar-refractivity contribution in [3.05, 3.63) is 67.5 Å². The topological polar surface area (TPSA) is 102 Å². The third-order valence-corrected chi connectivity index (χ3v) is 12.4. The monoisotopic (exact) mass is 731 g/mol. The number of likely N-dealkylation sites (N-methyl/N-ethyl adjacent to an activating group) is 1. The van der Waals surface area contributed by atoms with Gasteiger partial charge in [0.05, 0.1) is 30.0 Å². The van der Waals surface area contributed by atoms with Gasteiger partial charge in [-0.25, -0.2) is 9.28 Å². The van der Waals surface area contributed by atoms with E-state index in [1.807, 2.05) is 42.5 Å². The van der Waals surface area contributed by atoms with E-state index in [9.17, 15) is 19.5 Å². The molecule has 1 amide bonds. The average molecular weight is 734 g/mol. The molecule has 2 aromatic carbocycles. The highest BCUT2D eigenvalue weighted by atomic mass is 79.9. The Labute approximate surface area is 274 Å². The summed E-state index contributed by atoms with van der Waals surface area (Å²) >= 11 is 7.14.